The number of benzene rings is 1. The number of aryl methyl sites for hydroxylation is 1. The van der Waals surface area contributed by atoms with Crippen molar-refractivity contribution in [3.63, 3.8) is 0 Å². The molecule has 134 valence electrons. The average molecular weight is 354 g/mol. The quantitative estimate of drug-likeness (QED) is 0.729. The van der Waals surface area contributed by atoms with Crippen LogP contribution in [-0.2, 0) is 14.6 Å². The minimum Gasteiger partial charge on any atom is -0.492 e. The molecule has 0 N–H and O–H groups in total. The molecule has 1 amide bonds. The first-order chi connectivity index (χ1) is 11.3. The largest absolute Gasteiger partial charge is 0.492 e. The van der Waals surface area contributed by atoms with Crippen LogP contribution in [0.25, 0.3) is 0 Å². The number of carbonyl (C=O) groups excluding carboxylic acids is 1. The number of carbonyl (C=O) groups is 1. The molecule has 1 saturated heterocycles. The van der Waals surface area contributed by atoms with Crippen LogP contribution in [0.15, 0.2) is 24.3 Å². The van der Waals surface area contributed by atoms with Crippen molar-refractivity contribution in [3.8, 4) is 5.75 Å². The lowest BCUT2D eigenvalue weighted by Gasteiger charge is -2.26. The Morgan fingerprint density at radius 2 is 1.92 bits per heavy atom. The second-order valence-electron chi connectivity index (χ2n) is 6.46. The lowest BCUT2D eigenvalue weighted by molar-refractivity contribution is -0.132. The summed E-state index contributed by atoms with van der Waals surface area (Å²) in [4.78, 5) is 15.7. The molecule has 1 aromatic rings. The predicted molar refractivity (Wildman–Crippen MR) is 94.0 cm³/mol. The highest BCUT2D eigenvalue weighted by Crippen LogP contribution is 2.16. The van der Waals surface area contributed by atoms with Gasteiger partial charge in [-0.05, 0) is 32.5 Å². The van der Waals surface area contributed by atoms with Crippen LogP contribution in [-0.4, -0.2) is 75.5 Å². The van der Waals surface area contributed by atoms with Crippen LogP contribution in [0.4, 0.5) is 0 Å². The molecule has 0 aromatic heterocycles. The fraction of sp³-hybridized carbons (Fsp3) is 0.588. The monoisotopic (exact) mass is 354 g/mol. The van der Waals surface area contributed by atoms with E-state index in [1.165, 1.54) is 5.56 Å². The molecule has 0 unspecified atom stereocenters. The number of hydrogen-bond acceptors (Lipinski definition) is 5. The Labute approximate surface area is 144 Å². The highest BCUT2D eigenvalue weighted by Gasteiger charge is 2.32. The molecule has 0 bridgehead atoms. The molecule has 1 aromatic carbocycles. The van der Waals surface area contributed by atoms with Gasteiger partial charge >= 0.3 is 0 Å². The Morgan fingerprint density at radius 1 is 1.25 bits per heavy atom. The number of likely N-dealkylation sites (N-methyl/N-ethyl adjacent to an activating group) is 2. The van der Waals surface area contributed by atoms with Gasteiger partial charge in [0.05, 0.1) is 18.1 Å². The Morgan fingerprint density at radius 3 is 2.50 bits per heavy atom. The Kier molecular flexibility index (Phi) is 6.23. The van der Waals surface area contributed by atoms with E-state index >= 15 is 0 Å². The number of nitrogens with zero attached hydrogens (tertiary/aromatic N) is 2. The van der Waals surface area contributed by atoms with Crippen LogP contribution in [0.1, 0.15) is 12.0 Å². The third kappa shape index (κ3) is 5.49. The van der Waals surface area contributed by atoms with Crippen molar-refractivity contribution in [1.29, 1.82) is 0 Å². The molecule has 1 aliphatic rings. The van der Waals surface area contributed by atoms with E-state index in [0.29, 0.717) is 19.6 Å². The molecule has 0 radical (unpaired) electrons. The summed E-state index contributed by atoms with van der Waals surface area (Å²) >= 11 is 0. The molecule has 6 nitrogen and oxygen atoms in total. The van der Waals surface area contributed by atoms with Crippen molar-refractivity contribution in [2.75, 3.05) is 45.3 Å². The summed E-state index contributed by atoms with van der Waals surface area (Å²) in [6.45, 7) is 3.39. The highest BCUT2D eigenvalue weighted by atomic mass is 32.2. The second kappa shape index (κ2) is 7.98. The van der Waals surface area contributed by atoms with E-state index < -0.39 is 9.84 Å². The van der Waals surface area contributed by atoms with Crippen molar-refractivity contribution in [2.45, 2.75) is 19.4 Å². The van der Waals surface area contributed by atoms with Gasteiger partial charge < -0.3 is 9.64 Å². The standard InChI is InChI=1S/C17H26N2O4S/c1-14-4-6-16(7-5-14)23-10-9-18(2)12-17(20)19(3)15-8-11-24(21,22)13-15/h4-7,15H,8-13H2,1-3H3/t15-/m0/s1. The summed E-state index contributed by atoms with van der Waals surface area (Å²) in [6.07, 6.45) is 0.533. The minimum atomic E-state index is -2.98. The first-order valence-electron chi connectivity index (χ1n) is 8.11. The summed E-state index contributed by atoms with van der Waals surface area (Å²) < 4.78 is 28.7. The third-order valence-electron chi connectivity index (χ3n) is 4.32. The van der Waals surface area contributed by atoms with E-state index in [1.54, 1.807) is 11.9 Å². The van der Waals surface area contributed by atoms with Crippen LogP contribution in [0.3, 0.4) is 0 Å². The summed E-state index contributed by atoms with van der Waals surface area (Å²) in [7, 11) is 0.564. The van der Waals surface area contributed by atoms with Crippen molar-refractivity contribution in [3.05, 3.63) is 29.8 Å². The van der Waals surface area contributed by atoms with Crippen LogP contribution in [0, 0.1) is 6.92 Å². The molecule has 1 aliphatic heterocycles. The van der Waals surface area contributed by atoms with Gasteiger partial charge in [0.25, 0.3) is 0 Å². The number of rotatable bonds is 7. The van der Waals surface area contributed by atoms with E-state index in [1.807, 2.05) is 43.1 Å². The van der Waals surface area contributed by atoms with E-state index in [2.05, 4.69) is 0 Å². The van der Waals surface area contributed by atoms with Gasteiger partial charge in [0.15, 0.2) is 9.84 Å². The van der Waals surface area contributed by atoms with E-state index in [0.717, 1.165) is 5.75 Å². The third-order valence-corrected chi connectivity index (χ3v) is 6.07. The topological polar surface area (TPSA) is 66.9 Å². The maximum absolute atomic E-state index is 12.3. The molecule has 1 fully saturated rings. The smallest absolute Gasteiger partial charge is 0.236 e. The summed E-state index contributed by atoms with van der Waals surface area (Å²) in [5, 5.41) is 0. The SMILES string of the molecule is Cc1ccc(OCCN(C)CC(=O)N(C)[C@H]2CCS(=O)(=O)C2)cc1. The Bertz CT molecular complexity index is 658. The van der Waals surface area contributed by atoms with E-state index in [-0.39, 0.29) is 30.0 Å². The molecule has 0 saturated carbocycles. The lowest BCUT2D eigenvalue weighted by atomic mass is 10.2. The zero-order chi connectivity index (χ0) is 17.7. The zero-order valence-corrected chi connectivity index (χ0v) is 15.4. The Balaban J connectivity index is 1.72. The number of amides is 1. The fourth-order valence-electron chi connectivity index (χ4n) is 2.66. The summed E-state index contributed by atoms with van der Waals surface area (Å²) in [5.41, 5.74) is 1.18. The van der Waals surface area contributed by atoms with Crippen LogP contribution >= 0.6 is 0 Å². The van der Waals surface area contributed by atoms with Gasteiger partial charge in [-0.2, -0.15) is 0 Å². The molecule has 1 atom stereocenters. The molecule has 2 rings (SSSR count). The molecule has 7 heteroatoms. The van der Waals surface area contributed by atoms with Gasteiger partial charge in [0, 0.05) is 19.6 Å². The van der Waals surface area contributed by atoms with Gasteiger partial charge in [-0.3, -0.25) is 9.69 Å². The van der Waals surface area contributed by atoms with Gasteiger partial charge in [0.1, 0.15) is 12.4 Å². The van der Waals surface area contributed by atoms with E-state index in [4.69, 9.17) is 4.74 Å². The second-order valence-corrected chi connectivity index (χ2v) is 8.69. The molecule has 0 spiro atoms. The molecule has 0 aliphatic carbocycles. The first-order valence-corrected chi connectivity index (χ1v) is 9.93. The maximum Gasteiger partial charge on any atom is 0.236 e. The zero-order valence-electron chi connectivity index (χ0n) is 14.6. The molecular formula is C17H26N2O4S. The van der Waals surface area contributed by atoms with Crippen molar-refractivity contribution in [1.82, 2.24) is 9.80 Å². The minimum absolute atomic E-state index is 0.0602. The molecule has 1 heterocycles. The predicted octanol–water partition coefficient (Wildman–Crippen LogP) is 0.951. The van der Waals surface area contributed by atoms with Crippen molar-refractivity contribution < 1.29 is 17.9 Å². The van der Waals surface area contributed by atoms with Gasteiger partial charge in [-0.15, -0.1) is 0 Å². The normalized spacial score (nSPS) is 19.4. The van der Waals surface area contributed by atoms with Gasteiger partial charge in [-0.25, -0.2) is 8.42 Å². The average Bonchev–Trinajstić information content (AvgIpc) is 2.88. The van der Waals surface area contributed by atoms with Gasteiger partial charge in [-0.1, -0.05) is 17.7 Å². The molecule has 24 heavy (non-hydrogen) atoms. The van der Waals surface area contributed by atoms with Crippen LogP contribution in [0.2, 0.25) is 0 Å². The summed E-state index contributed by atoms with van der Waals surface area (Å²) in [6, 6.07) is 7.64. The maximum atomic E-state index is 12.3. The number of ether oxygens (including phenoxy) is 1. The Hall–Kier alpha value is -1.60. The van der Waals surface area contributed by atoms with Crippen molar-refractivity contribution >= 4 is 15.7 Å². The summed E-state index contributed by atoms with van der Waals surface area (Å²) in [5.74, 6) is 1.01. The molecular weight excluding hydrogens is 328 g/mol. The van der Waals surface area contributed by atoms with Crippen LogP contribution in [0.5, 0.6) is 5.75 Å². The first kappa shape index (κ1) is 18.7. The van der Waals surface area contributed by atoms with Crippen molar-refractivity contribution in [2.24, 2.45) is 0 Å². The number of hydrogen-bond donors (Lipinski definition) is 0. The fourth-order valence-corrected chi connectivity index (χ4v) is 4.43. The highest BCUT2D eigenvalue weighted by molar-refractivity contribution is 7.91. The van der Waals surface area contributed by atoms with Crippen LogP contribution < -0.4 is 4.74 Å². The van der Waals surface area contributed by atoms with E-state index in [9.17, 15) is 13.2 Å². The number of sulfone groups is 1. The van der Waals surface area contributed by atoms with Gasteiger partial charge in [0.2, 0.25) is 5.91 Å². The lowest BCUT2D eigenvalue weighted by Crippen LogP contribution is -2.43.